The highest BCUT2D eigenvalue weighted by molar-refractivity contribution is 6.02. The molecular weight excluding hydrogens is 368 g/mol. The fraction of sp³-hybridized carbons (Fsp3) is 0.182. The van der Waals surface area contributed by atoms with Gasteiger partial charge in [-0.1, -0.05) is 44.2 Å². The lowest BCUT2D eigenvalue weighted by atomic mass is 10.0. The van der Waals surface area contributed by atoms with E-state index in [0.29, 0.717) is 17.3 Å². The summed E-state index contributed by atoms with van der Waals surface area (Å²) in [7, 11) is 0. The Kier molecular flexibility index (Phi) is 6.19. The van der Waals surface area contributed by atoms with Gasteiger partial charge in [0.1, 0.15) is 12.2 Å². The normalized spacial score (nSPS) is 10.6. The Hall–Kier alpha value is -3.74. The maximum atomic E-state index is 12.4. The zero-order valence-corrected chi connectivity index (χ0v) is 16.3. The van der Waals surface area contributed by atoms with E-state index >= 15 is 0 Å². The molecule has 1 aromatic heterocycles. The standard InChI is InChI=1S/C22H22N4O3/c1-15(2)16-8-10-18(11-9-16)23-20(27)14-26-21(28)13-12-19(25-26)22(29)24-17-6-4-3-5-7-17/h3-13,15H,14H2,1-2H3,(H,23,27)(H,24,29). The summed E-state index contributed by atoms with van der Waals surface area (Å²) in [6.45, 7) is 3.89. The molecule has 2 N–H and O–H groups in total. The van der Waals surface area contributed by atoms with Crippen LogP contribution in [-0.2, 0) is 11.3 Å². The van der Waals surface area contributed by atoms with Crippen molar-refractivity contribution in [3.05, 3.63) is 88.3 Å². The number of nitrogens with zero attached hydrogens (tertiary/aromatic N) is 2. The van der Waals surface area contributed by atoms with Crippen LogP contribution in [0.3, 0.4) is 0 Å². The van der Waals surface area contributed by atoms with Gasteiger partial charge >= 0.3 is 0 Å². The molecule has 7 nitrogen and oxygen atoms in total. The highest BCUT2D eigenvalue weighted by Crippen LogP contribution is 2.17. The second kappa shape index (κ2) is 8.97. The third-order valence-corrected chi connectivity index (χ3v) is 4.29. The summed E-state index contributed by atoms with van der Waals surface area (Å²) < 4.78 is 0.970. The second-order valence-electron chi connectivity index (χ2n) is 6.86. The average Bonchev–Trinajstić information content (AvgIpc) is 2.70. The maximum absolute atomic E-state index is 12.4. The molecule has 0 saturated carbocycles. The minimum Gasteiger partial charge on any atom is -0.324 e. The van der Waals surface area contributed by atoms with E-state index in [1.807, 2.05) is 30.3 Å². The van der Waals surface area contributed by atoms with E-state index in [9.17, 15) is 14.4 Å². The van der Waals surface area contributed by atoms with Crippen LogP contribution in [0.5, 0.6) is 0 Å². The van der Waals surface area contributed by atoms with E-state index in [-0.39, 0.29) is 12.2 Å². The Morgan fingerprint density at radius 3 is 2.21 bits per heavy atom. The number of aromatic nitrogens is 2. The fourth-order valence-corrected chi connectivity index (χ4v) is 2.69. The number of para-hydroxylation sites is 1. The highest BCUT2D eigenvalue weighted by atomic mass is 16.2. The van der Waals surface area contributed by atoms with Gasteiger partial charge in [0, 0.05) is 17.4 Å². The molecule has 0 spiro atoms. The minimum absolute atomic E-state index is 0.0440. The van der Waals surface area contributed by atoms with Crippen molar-refractivity contribution in [2.75, 3.05) is 10.6 Å². The first kappa shape index (κ1) is 20.0. The van der Waals surface area contributed by atoms with Crippen LogP contribution in [0.15, 0.2) is 71.5 Å². The number of amides is 2. The number of nitrogens with one attached hydrogen (secondary N) is 2. The molecule has 0 unspecified atom stereocenters. The molecule has 2 amide bonds. The molecule has 148 valence electrons. The molecule has 0 bridgehead atoms. The van der Waals surface area contributed by atoms with Gasteiger partial charge in [-0.25, -0.2) is 4.68 Å². The lowest BCUT2D eigenvalue weighted by molar-refractivity contribution is -0.117. The van der Waals surface area contributed by atoms with Crippen molar-refractivity contribution in [3.8, 4) is 0 Å². The maximum Gasteiger partial charge on any atom is 0.276 e. The van der Waals surface area contributed by atoms with Crippen LogP contribution in [-0.4, -0.2) is 21.6 Å². The third-order valence-electron chi connectivity index (χ3n) is 4.29. The van der Waals surface area contributed by atoms with Crippen LogP contribution < -0.4 is 16.2 Å². The molecule has 7 heteroatoms. The number of carbonyl (C=O) groups is 2. The average molecular weight is 390 g/mol. The molecular formula is C22H22N4O3. The van der Waals surface area contributed by atoms with E-state index in [2.05, 4.69) is 29.6 Å². The highest BCUT2D eigenvalue weighted by Gasteiger charge is 2.12. The van der Waals surface area contributed by atoms with E-state index in [1.54, 1.807) is 24.3 Å². The molecule has 2 aromatic carbocycles. The molecule has 0 atom stereocenters. The zero-order valence-electron chi connectivity index (χ0n) is 16.3. The van der Waals surface area contributed by atoms with Gasteiger partial charge in [-0.15, -0.1) is 0 Å². The predicted molar refractivity (Wildman–Crippen MR) is 112 cm³/mol. The number of benzene rings is 2. The molecule has 3 rings (SSSR count). The SMILES string of the molecule is CC(C)c1ccc(NC(=O)Cn2nc(C(=O)Nc3ccccc3)ccc2=O)cc1. The summed E-state index contributed by atoms with van der Waals surface area (Å²) in [5, 5.41) is 9.45. The number of rotatable bonds is 6. The number of hydrogen-bond donors (Lipinski definition) is 2. The monoisotopic (exact) mass is 390 g/mol. The minimum atomic E-state index is -0.466. The Bertz CT molecular complexity index is 1060. The fourth-order valence-electron chi connectivity index (χ4n) is 2.69. The first-order chi connectivity index (χ1) is 13.9. The number of carbonyl (C=O) groups excluding carboxylic acids is 2. The lowest BCUT2D eigenvalue weighted by Gasteiger charge is -2.10. The van der Waals surface area contributed by atoms with E-state index in [0.717, 1.165) is 10.2 Å². The lowest BCUT2D eigenvalue weighted by Crippen LogP contribution is -2.31. The summed E-state index contributed by atoms with van der Waals surface area (Å²) in [5.41, 5.74) is 1.98. The van der Waals surface area contributed by atoms with Gasteiger partial charge in [-0.2, -0.15) is 5.10 Å². The van der Waals surface area contributed by atoms with Crippen molar-refractivity contribution in [2.24, 2.45) is 0 Å². The first-order valence-electron chi connectivity index (χ1n) is 9.27. The van der Waals surface area contributed by atoms with E-state index < -0.39 is 17.4 Å². The molecule has 29 heavy (non-hydrogen) atoms. The number of anilines is 2. The summed E-state index contributed by atoms with van der Waals surface area (Å²) in [6.07, 6.45) is 0. The first-order valence-corrected chi connectivity index (χ1v) is 9.27. The van der Waals surface area contributed by atoms with E-state index in [4.69, 9.17) is 0 Å². The van der Waals surface area contributed by atoms with Crippen LogP contribution in [0.25, 0.3) is 0 Å². The van der Waals surface area contributed by atoms with Crippen molar-refractivity contribution in [3.63, 3.8) is 0 Å². The van der Waals surface area contributed by atoms with Crippen molar-refractivity contribution in [1.29, 1.82) is 0 Å². The van der Waals surface area contributed by atoms with Gasteiger partial charge in [-0.3, -0.25) is 14.4 Å². The van der Waals surface area contributed by atoms with Crippen LogP contribution in [0.1, 0.15) is 35.8 Å². The summed E-state index contributed by atoms with van der Waals surface area (Å²) in [4.78, 5) is 36.7. The van der Waals surface area contributed by atoms with Crippen molar-refractivity contribution in [1.82, 2.24) is 9.78 Å². The van der Waals surface area contributed by atoms with Gasteiger partial charge in [0.05, 0.1) is 0 Å². The van der Waals surface area contributed by atoms with Crippen molar-refractivity contribution < 1.29 is 9.59 Å². The van der Waals surface area contributed by atoms with Gasteiger partial charge in [0.15, 0.2) is 0 Å². The van der Waals surface area contributed by atoms with Crippen molar-refractivity contribution >= 4 is 23.2 Å². The summed E-state index contributed by atoms with van der Waals surface area (Å²) >= 11 is 0. The van der Waals surface area contributed by atoms with Gasteiger partial charge in [0.2, 0.25) is 5.91 Å². The molecule has 0 aliphatic rings. The Morgan fingerprint density at radius 1 is 0.897 bits per heavy atom. The topological polar surface area (TPSA) is 93.1 Å². The quantitative estimate of drug-likeness (QED) is 0.676. The number of hydrogen-bond acceptors (Lipinski definition) is 4. The zero-order chi connectivity index (χ0) is 20.8. The Labute approximate surface area is 168 Å². The van der Waals surface area contributed by atoms with Gasteiger partial charge in [0.25, 0.3) is 11.5 Å². The van der Waals surface area contributed by atoms with E-state index in [1.165, 1.54) is 12.1 Å². The predicted octanol–water partition coefficient (Wildman–Crippen LogP) is 3.26. The molecule has 0 aliphatic carbocycles. The Balaban J connectivity index is 1.68. The molecule has 3 aromatic rings. The third kappa shape index (κ3) is 5.38. The molecule has 0 aliphatic heterocycles. The Morgan fingerprint density at radius 2 is 1.55 bits per heavy atom. The van der Waals surface area contributed by atoms with Crippen molar-refractivity contribution in [2.45, 2.75) is 26.3 Å². The molecule has 0 saturated heterocycles. The second-order valence-corrected chi connectivity index (χ2v) is 6.86. The van der Waals surface area contributed by atoms with Gasteiger partial charge < -0.3 is 10.6 Å². The molecule has 0 radical (unpaired) electrons. The molecule has 0 fully saturated rings. The van der Waals surface area contributed by atoms with Crippen LogP contribution in [0, 0.1) is 0 Å². The van der Waals surface area contributed by atoms with Gasteiger partial charge in [-0.05, 0) is 41.8 Å². The van der Waals surface area contributed by atoms with Crippen LogP contribution in [0.4, 0.5) is 11.4 Å². The van der Waals surface area contributed by atoms with Crippen LogP contribution in [0.2, 0.25) is 0 Å². The summed E-state index contributed by atoms with van der Waals surface area (Å²) in [6, 6.07) is 19.0. The molecule has 1 heterocycles. The smallest absolute Gasteiger partial charge is 0.276 e. The summed E-state index contributed by atoms with van der Waals surface area (Å²) in [5.74, 6) is -0.473. The van der Waals surface area contributed by atoms with Crippen LogP contribution >= 0.6 is 0 Å². The largest absolute Gasteiger partial charge is 0.324 e.